The standard InChI is InChI=1S/C17H24N2O2/c1-11-8-12-9-13(17(2,3)4)10-14(16(20)21)15(12)19(11)7-5-6-18/h8-10H,5-7,18H2,1-4H3,(H,20,21). The molecule has 0 radical (unpaired) electrons. The third-order valence-electron chi connectivity index (χ3n) is 3.88. The Kier molecular flexibility index (Phi) is 4.10. The van der Waals surface area contributed by atoms with Crippen molar-refractivity contribution in [2.24, 2.45) is 5.73 Å². The van der Waals surface area contributed by atoms with Gasteiger partial charge in [-0.2, -0.15) is 0 Å². The largest absolute Gasteiger partial charge is 0.478 e. The Morgan fingerprint density at radius 2 is 1.95 bits per heavy atom. The first-order chi connectivity index (χ1) is 9.75. The van der Waals surface area contributed by atoms with Crippen molar-refractivity contribution in [1.29, 1.82) is 0 Å². The topological polar surface area (TPSA) is 68.2 Å². The van der Waals surface area contributed by atoms with Crippen LogP contribution in [-0.2, 0) is 12.0 Å². The van der Waals surface area contributed by atoms with Crippen LogP contribution < -0.4 is 5.73 Å². The van der Waals surface area contributed by atoms with Crippen LogP contribution in [-0.4, -0.2) is 22.2 Å². The second-order valence-corrected chi connectivity index (χ2v) is 6.60. The highest BCUT2D eigenvalue weighted by Crippen LogP contribution is 2.31. The summed E-state index contributed by atoms with van der Waals surface area (Å²) < 4.78 is 2.07. The van der Waals surface area contributed by atoms with Crippen LogP contribution >= 0.6 is 0 Å². The van der Waals surface area contributed by atoms with Crippen molar-refractivity contribution in [2.75, 3.05) is 6.54 Å². The van der Waals surface area contributed by atoms with Gasteiger partial charge in [0.15, 0.2) is 0 Å². The fourth-order valence-electron chi connectivity index (χ4n) is 2.68. The highest BCUT2D eigenvalue weighted by atomic mass is 16.4. The van der Waals surface area contributed by atoms with Crippen molar-refractivity contribution in [3.8, 4) is 0 Å². The van der Waals surface area contributed by atoms with Crippen molar-refractivity contribution in [3.05, 3.63) is 35.0 Å². The van der Waals surface area contributed by atoms with Crippen LogP contribution in [0.5, 0.6) is 0 Å². The summed E-state index contributed by atoms with van der Waals surface area (Å²) in [5.74, 6) is -0.877. The lowest BCUT2D eigenvalue weighted by atomic mass is 9.85. The van der Waals surface area contributed by atoms with Gasteiger partial charge in [0, 0.05) is 17.6 Å². The molecule has 0 bridgehead atoms. The molecule has 1 aromatic heterocycles. The van der Waals surface area contributed by atoms with E-state index in [0.29, 0.717) is 12.1 Å². The number of aromatic carboxylic acids is 1. The monoisotopic (exact) mass is 288 g/mol. The molecule has 1 aromatic carbocycles. The van der Waals surface area contributed by atoms with Crippen LogP contribution in [0.1, 0.15) is 48.8 Å². The number of nitrogens with zero attached hydrogens (tertiary/aromatic N) is 1. The van der Waals surface area contributed by atoms with Gasteiger partial charge in [-0.3, -0.25) is 0 Å². The van der Waals surface area contributed by atoms with E-state index in [1.807, 2.05) is 13.0 Å². The number of carboxylic acids is 1. The zero-order valence-corrected chi connectivity index (χ0v) is 13.2. The van der Waals surface area contributed by atoms with Gasteiger partial charge >= 0.3 is 5.97 Å². The number of carbonyl (C=O) groups is 1. The number of hydrogen-bond donors (Lipinski definition) is 2. The lowest BCUT2D eigenvalue weighted by Gasteiger charge is -2.20. The smallest absolute Gasteiger partial charge is 0.337 e. The molecule has 0 aliphatic heterocycles. The molecule has 0 amide bonds. The van der Waals surface area contributed by atoms with Gasteiger partial charge in [0.2, 0.25) is 0 Å². The fraction of sp³-hybridized carbons (Fsp3) is 0.471. The Morgan fingerprint density at radius 1 is 1.29 bits per heavy atom. The summed E-state index contributed by atoms with van der Waals surface area (Å²) in [6.07, 6.45) is 0.838. The van der Waals surface area contributed by atoms with Crippen LogP contribution in [0.2, 0.25) is 0 Å². The van der Waals surface area contributed by atoms with Gasteiger partial charge in [-0.05, 0) is 49.1 Å². The number of aryl methyl sites for hydroxylation is 2. The number of rotatable bonds is 4. The highest BCUT2D eigenvalue weighted by molar-refractivity contribution is 6.03. The molecule has 0 fully saturated rings. The molecule has 4 heteroatoms. The minimum atomic E-state index is -0.877. The van der Waals surface area contributed by atoms with Crippen LogP contribution in [0.4, 0.5) is 0 Å². The van der Waals surface area contributed by atoms with Crippen molar-refractivity contribution >= 4 is 16.9 Å². The normalized spacial score (nSPS) is 12.0. The fourth-order valence-corrected chi connectivity index (χ4v) is 2.68. The third-order valence-corrected chi connectivity index (χ3v) is 3.88. The molecule has 3 N–H and O–H groups in total. The molecule has 2 rings (SSSR count). The first-order valence-corrected chi connectivity index (χ1v) is 7.33. The number of fused-ring (bicyclic) bond motifs is 1. The van der Waals surface area contributed by atoms with Crippen molar-refractivity contribution in [3.63, 3.8) is 0 Å². The predicted octanol–water partition coefficient (Wildman–Crippen LogP) is 3.29. The van der Waals surface area contributed by atoms with E-state index < -0.39 is 5.97 Å². The number of aromatic nitrogens is 1. The number of nitrogens with two attached hydrogens (primary N) is 1. The summed E-state index contributed by atoms with van der Waals surface area (Å²) in [5, 5.41) is 10.6. The molecular formula is C17H24N2O2. The van der Waals surface area contributed by atoms with E-state index in [2.05, 4.69) is 37.5 Å². The third kappa shape index (κ3) is 2.95. The lowest BCUT2D eigenvalue weighted by molar-refractivity contribution is 0.0698. The molecule has 0 aliphatic rings. The average Bonchev–Trinajstić information content (AvgIpc) is 2.69. The van der Waals surface area contributed by atoms with Crippen molar-refractivity contribution in [2.45, 2.75) is 46.1 Å². The summed E-state index contributed by atoms with van der Waals surface area (Å²) in [7, 11) is 0. The first kappa shape index (κ1) is 15.6. The Morgan fingerprint density at radius 3 is 2.48 bits per heavy atom. The molecule has 21 heavy (non-hydrogen) atoms. The molecule has 114 valence electrons. The predicted molar refractivity (Wildman–Crippen MR) is 86.0 cm³/mol. The first-order valence-electron chi connectivity index (χ1n) is 7.33. The lowest BCUT2D eigenvalue weighted by Crippen LogP contribution is -2.14. The summed E-state index contributed by atoms with van der Waals surface area (Å²) >= 11 is 0. The molecule has 1 heterocycles. The van der Waals surface area contributed by atoms with Gasteiger partial charge in [-0.1, -0.05) is 20.8 Å². The molecule has 0 saturated carbocycles. The second-order valence-electron chi connectivity index (χ2n) is 6.60. The van der Waals surface area contributed by atoms with Crippen LogP contribution in [0, 0.1) is 6.92 Å². The summed E-state index contributed by atoms with van der Waals surface area (Å²) in [5.41, 5.74) is 8.82. The number of hydrogen-bond acceptors (Lipinski definition) is 2. The van der Waals surface area contributed by atoms with Crippen LogP contribution in [0.3, 0.4) is 0 Å². The van der Waals surface area contributed by atoms with Crippen molar-refractivity contribution in [1.82, 2.24) is 4.57 Å². The second kappa shape index (κ2) is 5.53. The Balaban J connectivity index is 2.74. The van der Waals surface area contributed by atoms with Crippen LogP contribution in [0.15, 0.2) is 18.2 Å². The molecule has 0 saturated heterocycles. The van der Waals surface area contributed by atoms with Gasteiger partial charge in [0.05, 0.1) is 11.1 Å². The van der Waals surface area contributed by atoms with Gasteiger partial charge in [-0.15, -0.1) is 0 Å². The summed E-state index contributed by atoms with van der Waals surface area (Å²) in [6.45, 7) is 9.65. The van der Waals surface area contributed by atoms with Gasteiger partial charge in [-0.25, -0.2) is 4.79 Å². The SMILES string of the molecule is Cc1cc2cc(C(C)(C)C)cc(C(=O)O)c2n1CCCN. The van der Waals surface area contributed by atoms with Crippen LogP contribution in [0.25, 0.3) is 10.9 Å². The van der Waals surface area contributed by atoms with Gasteiger partial charge in [0.1, 0.15) is 0 Å². The van der Waals surface area contributed by atoms with Crippen molar-refractivity contribution < 1.29 is 9.90 Å². The molecular weight excluding hydrogens is 264 g/mol. The summed E-state index contributed by atoms with van der Waals surface area (Å²) in [4.78, 5) is 11.7. The molecule has 2 aromatic rings. The quantitative estimate of drug-likeness (QED) is 0.907. The Labute approximate surface area is 125 Å². The summed E-state index contributed by atoms with van der Waals surface area (Å²) in [6, 6.07) is 5.98. The number of carboxylic acid groups (broad SMARTS) is 1. The molecule has 0 aliphatic carbocycles. The molecule has 0 spiro atoms. The molecule has 0 atom stereocenters. The van der Waals surface area contributed by atoms with E-state index in [4.69, 9.17) is 5.73 Å². The maximum Gasteiger partial charge on any atom is 0.337 e. The zero-order valence-electron chi connectivity index (χ0n) is 13.2. The van der Waals surface area contributed by atoms with E-state index in [1.165, 1.54) is 0 Å². The minimum Gasteiger partial charge on any atom is -0.478 e. The highest BCUT2D eigenvalue weighted by Gasteiger charge is 2.21. The molecule has 0 unspecified atom stereocenters. The Hall–Kier alpha value is -1.81. The van der Waals surface area contributed by atoms with E-state index in [9.17, 15) is 9.90 Å². The maximum absolute atomic E-state index is 11.7. The minimum absolute atomic E-state index is 0.0777. The van der Waals surface area contributed by atoms with E-state index in [1.54, 1.807) is 0 Å². The van der Waals surface area contributed by atoms with E-state index >= 15 is 0 Å². The van der Waals surface area contributed by atoms with Gasteiger partial charge in [0.25, 0.3) is 0 Å². The van der Waals surface area contributed by atoms with Gasteiger partial charge < -0.3 is 15.4 Å². The average molecular weight is 288 g/mol. The zero-order chi connectivity index (χ0) is 15.8. The van der Waals surface area contributed by atoms with E-state index in [-0.39, 0.29) is 5.41 Å². The maximum atomic E-state index is 11.7. The Bertz CT molecular complexity index is 678. The van der Waals surface area contributed by atoms with E-state index in [0.717, 1.165) is 35.1 Å². The number of benzene rings is 1. The molecule has 4 nitrogen and oxygen atoms in total.